The second-order valence-corrected chi connectivity index (χ2v) is 5.76. The smallest absolute Gasteiger partial charge is 0.279 e. The van der Waals surface area contributed by atoms with Gasteiger partial charge < -0.3 is 9.15 Å². The summed E-state index contributed by atoms with van der Waals surface area (Å²) in [6.45, 7) is 0. The zero-order valence-corrected chi connectivity index (χ0v) is 14.3. The van der Waals surface area contributed by atoms with Crippen LogP contribution in [0.25, 0.3) is 33.5 Å². The molecular formula is C20H15N3O4. The van der Waals surface area contributed by atoms with E-state index in [0.29, 0.717) is 16.6 Å². The van der Waals surface area contributed by atoms with E-state index in [-0.39, 0.29) is 11.3 Å². The highest BCUT2D eigenvalue weighted by atomic mass is 16.5. The fourth-order valence-corrected chi connectivity index (χ4v) is 3.00. The van der Waals surface area contributed by atoms with Gasteiger partial charge in [0.15, 0.2) is 5.75 Å². The van der Waals surface area contributed by atoms with Crippen LogP contribution in [0.1, 0.15) is 10.4 Å². The maximum Gasteiger partial charge on any atom is 0.279 e. The van der Waals surface area contributed by atoms with Gasteiger partial charge in [-0.25, -0.2) is 10.5 Å². The third-order valence-corrected chi connectivity index (χ3v) is 4.24. The molecule has 4 aromatic rings. The molecule has 134 valence electrons. The Balaban J connectivity index is 1.92. The number of pyridine rings is 2. The number of aromatic nitrogens is 2. The molecule has 3 heterocycles. The Bertz CT molecular complexity index is 1110. The average Bonchev–Trinajstić information content (AvgIpc) is 3.26. The number of fused-ring (bicyclic) bond motifs is 1. The molecule has 1 amide bonds. The molecule has 0 radical (unpaired) electrons. The normalized spacial score (nSPS) is 10.7. The SMILES string of the molecule is COc1c(-c2ccc(-c3ccco3)cc2)nc2ccncc2c1C(=O)NO. The summed E-state index contributed by atoms with van der Waals surface area (Å²) >= 11 is 0. The molecule has 0 saturated carbocycles. The number of hydroxylamine groups is 1. The number of ether oxygens (including phenoxy) is 1. The van der Waals surface area contributed by atoms with E-state index in [1.165, 1.54) is 13.3 Å². The third kappa shape index (κ3) is 2.90. The van der Waals surface area contributed by atoms with E-state index < -0.39 is 5.91 Å². The highest BCUT2D eigenvalue weighted by Gasteiger charge is 2.22. The van der Waals surface area contributed by atoms with Gasteiger partial charge in [0.2, 0.25) is 0 Å². The lowest BCUT2D eigenvalue weighted by molar-refractivity contribution is 0.0705. The second-order valence-electron chi connectivity index (χ2n) is 5.76. The van der Waals surface area contributed by atoms with Crippen molar-refractivity contribution in [1.29, 1.82) is 0 Å². The maximum absolute atomic E-state index is 12.3. The van der Waals surface area contributed by atoms with Crippen molar-refractivity contribution in [2.75, 3.05) is 7.11 Å². The van der Waals surface area contributed by atoms with E-state index in [2.05, 4.69) is 9.97 Å². The van der Waals surface area contributed by atoms with Crippen LogP contribution in [0.5, 0.6) is 5.75 Å². The Morgan fingerprint density at radius 2 is 1.93 bits per heavy atom. The van der Waals surface area contributed by atoms with E-state index in [1.807, 2.05) is 36.4 Å². The lowest BCUT2D eigenvalue weighted by Gasteiger charge is -2.15. The van der Waals surface area contributed by atoms with Crippen molar-refractivity contribution in [2.45, 2.75) is 0 Å². The average molecular weight is 361 g/mol. The van der Waals surface area contributed by atoms with Crippen LogP contribution in [0, 0.1) is 0 Å². The lowest BCUT2D eigenvalue weighted by Crippen LogP contribution is -2.20. The van der Waals surface area contributed by atoms with E-state index in [4.69, 9.17) is 14.4 Å². The van der Waals surface area contributed by atoms with Gasteiger partial charge in [-0.3, -0.25) is 15.0 Å². The minimum absolute atomic E-state index is 0.170. The molecule has 0 aliphatic rings. The van der Waals surface area contributed by atoms with E-state index in [1.54, 1.807) is 24.0 Å². The van der Waals surface area contributed by atoms with Gasteiger partial charge in [-0.1, -0.05) is 24.3 Å². The molecule has 0 aliphatic carbocycles. The second kappa shape index (κ2) is 6.89. The minimum Gasteiger partial charge on any atom is -0.494 e. The topological polar surface area (TPSA) is 97.5 Å². The summed E-state index contributed by atoms with van der Waals surface area (Å²) in [5.74, 6) is 0.319. The fraction of sp³-hybridized carbons (Fsp3) is 0.0500. The standard InChI is InChI=1S/C20H15N3O4/c1-26-19-17(20(24)23-25)14-11-21-9-8-15(14)22-18(19)13-6-4-12(5-7-13)16-3-2-10-27-16/h2-11,25H,1H3,(H,23,24). The number of furan rings is 1. The van der Waals surface area contributed by atoms with Crippen molar-refractivity contribution < 1.29 is 19.2 Å². The summed E-state index contributed by atoms with van der Waals surface area (Å²) in [6.07, 6.45) is 4.72. The summed E-state index contributed by atoms with van der Waals surface area (Å²) in [6, 6.07) is 12.9. The predicted molar refractivity (Wildman–Crippen MR) is 98.5 cm³/mol. The molecule has 0 bridgehead atoms. The van der Waals surface area contributed by atoms with Gasteiger partial charge in [0, 0.05) is 28.9 Å². The molecule has 0 fully saturated rings. The maximum atomic E-state index is 12.3. The van der Waals surface area contributed by atoms with E-state index in [9.17, 15) is 4.79 Å². The van der Waals surface area contributed by atoms with Gasteiger partial charge in [-0.2, -0.15) is 0 Å². The van der Waals surface area contributed by atoms with Crippen LogP contribution in [-0.2, 0) is 0 Å². The monoisotopic (exact) mass is 361 g/mol. The van der Waals surface area contributed by atoms with Crippen LogP contribution in [-0.4, -0.2) is 28.2 Å². The van der Waals surface area contributed by atoms with Crippen LogP contribution < -0.4 is 10.2 Å². The first kappa shape index (κ1) is 16.7. The Morgan fingerprint density at radius 3 is 2.59 bits per heavy atom. The van der Waals surface area contributed by atoms with Gasteiger partial charge in [-0.05, 0) is 18.2 Å². The summed E-state index contributed by atoms with van der Waals surface area (Å²) in [5, 5.41) is 9.65. The van der Waals surface area contributed by atoms with Gasteiger partial charge >= 0.3 is 0 Å². The number of methoxy groups -OCH3 is 1. The zero-order chi connectivity index (χ0) is 18.8. The highest BCUT2D eigenvalue weighted by Crippen LogP contribution is 2.36. The van der Waals surface area contributed by atoms with Crippen molar-refractivity contribution in [1.82, 2.24) is 15.4 Å². The zero-order valence-electron chi connectivity index (χ0n) is 14.3. The first-order valence-corrected chi connectivity index (χ1v) is 8.13. The molecule has 0 saturated heterocycles. The number of nitrogens with one attached hydrogen (secondary N) is 1. The van der Waals surface area contributed by atoms with Crippen molar-refractivity contribution >= 4 is 16.8 Å². The number of carbonyl (C=O) groups excluding carboxylic acids is 1. The van der Waals surface area contributed by atoms with Gasteiger partial charge in [0.1, 0.15) is 11.5 Å². The van der Waals surface area contributed by atoms with Crippen LogP contribution in [0.4, 0.5) is 0 Å². The van der Waals surface area contributed by atoms with Crippen LogP contribution in [0.15, 0.2) is 65.5 Å². The number of nitrogens with zero attached hydrogens (tertiary/aromatic N) is 2. The number of benzene rings is 1. The Kier molecular flexibility index (Phi) is 4.27. The molecule has 7 heteroatoms. The van der Waals surface area contributed by atoms with Crippen LogP contribution in [0.2, 0.25) is 0 Å². The molecule has 0 aliphatic heterocycles. The van der Waals surface area contributed by atoms with Crippen molar-refractivity contribution in [3.8, 4) is 28.3 Å². The van der Waals surface area contributed by atoms with Crippen molar-refractivity contribution in [2.24, 2.45) is 0 Å². The number of carbonyl (C=O) groups is 1. The Morgan fingerprint density at radius 1 is 1.15 bits per heavy atom. The van der Waals surface area contributed by atoms with Crippen molar-refractivity contribution in [3.05, 3.63) is 66.7 Å². The minimum atomic E-state index is -0.694. The number of hydrogen-bond acceptors (Lipinski definition) is 6. The lowest BCUT2D eigenvalue weighted by atomic mass is 10.0. The first-order valence-electron chi connectivity index (χ1n) is 8.13. The largest absolute Gasteiger partial charge is 0.494 e. The van der Waals surface area contributed by atoms with Gasteiger partial charge in [0.25, 0.3) is 5.91 Å². The third-order valence-electron chi connectivity index (χ3n) is 4.24. The molecule has 1 aromatic carbocycles. The summed E-state index contributed by atoms with van der Waals surface area (Å²) < 4.78 is 10.9. The number of hydrogen-bond donors (Lipinski definition) is 2. The fourth-order valence-electron chi connectivity index (χ4n) is 3.00. The molecule has 4 rings (SSSR count). The molecule has 0 spiro atoms. The first-order chi connectivity index (χ1) is 13.2. The molecule has 0 atom stereocenters. The molecule has 0 unspecified atom stereocenters. The summed E-state index contributed by atoms with van der Waals surface area (Å²) in [7, 11) is 1.45. The van der Waals surface area contributed by atoms with Crippen LogP contribution >= 0.6 is 0 Å². The molecule has 27 heavy (non-hydrogen) atoms. The Hall–Kier alpha value is -3.71. The molecular weight excluding hydrogens is 346 g/mol. The molecule has 7 nitrogen and oxygen atoms in total. The highest BCUT2D eigenvalue weighted by molar-refractivity contribution is 6.09. The summed E-state index contributed by atoms with van der Waals surface area (Å²) in [4.78, 5) is 21.0. The van der Waals surface area contributed by atoms with Crippen molar-refractivity contribution in [3.63, 3.8) is 0 Å². The number of rotatable bonds is 4. The van der Waals surface area contributed by atoms with E-state index >= 15 is 0 Å². The van der Waals surface area contributed by atoms with Gasteiger partial charge in [0.05, 0.1) is 24.5 Å². The predicted octanol–water partition coefficient (Wildman–Crippen LogP) is 3.68. The Labute approximate surface area is 154 Å². The molecule has 3 aromatic heterocycles. The quantitative estimate of drug-likeness (QED) is 0.425. The number of amides is 1. The molecule has 2 N–H and O–H groups in total. The van der Waals surface area contributed by atoms with Crippen LogP contribution in [0.3, 0.4) is 0 Å². The van der Waals surface area contributed by atoms with Gasteiger partial charge in [-0.15, -0.1) is 0 Å². The van der Waals surface area contributed by atoms with E-state index in [0.717, 1.165) is 16.9 Å². The summed E-state index contributed by atoms with van der Waals surface area (Å²) in [5.41, 5.74) is 4.56.